The minimum Gasteiger partial charge on any atom is -0.384 e. The summed E-state index contributed by atoms with van der Waals surface area (Å²) in [7, 11) is 0. The number of carbonyl (C=O) groups excluding carboxylic acids is 1. The molecule has 0 unspecified atom stereocenters. The maximum atomic E-state index is 12.8. The van der Waals surface area contributed by atoms with E-state index < -0.39 is 23.4 Å². The molecule has 120 valence electrons. The van der Waals surface area contributed by atoms with E-state index in [1.54, 1.807) is 6.08 Å². The molecule has 22 heavy (non-hydrogen) atoms. The topological polar surface area (TPSA) is 61.4 Å². The van der Waals surface area contributed by atoms with Crippen molar-refractivity contribution in [2.24, 2.45) is 0 Å². The second-order valence-corrected chi connectivity index (χ2v) is 5.25. The van der Waals surface area contributed by atoms with Crippen molar-refractivity contribution in [2.45, 2.75) is 31.0 Å². The van der Waals surface area contributed by atoms with Crippen LogP contribution in [0, 0.1) is 0 Å². The number of para-hydroxylation sites is 1. The maximum absolute atomic E-state index is 12.8. The van der Waals surface area contributed by atoms with Crippen LogP contribution in [-0.2, 0) is 6.18 Å². The van der Waals surface area contributed by atoms with Crippen molar-refractivity contribution in [3.63, 3.8) is 0 Å². The third kappa shape index (κ3) is 4.24. The third-order valence-corrected chi connectivity index (χ3v) is 3.44. The molecule has 1 aromatic rings. The number of aliphatic hydroxyl groups is 1. The summed E-state index contributed by atoms with van der Waals surface area (Å²) < 4.78 is 38.4. The van der Waals surface area contributed by atoms with Crippen LogP contribution in [0.1, 0.15) is 24.8 Å². The molecule has 0 aromatic heterocycles. The molecule has 2 rings (SSSR count). The normalized spacial score (nSPS) is 21.5. The molecule has 2 amide bonds. The summed E-state index contributed by atoms with van der Waals surface area (Å²) in [5, 5.41) is 14.7. The summed E-state index contributed by atoms with van der Waals surface area (Å²) in [6, 6.07) is 3.94. The average Bonchev–Trinajstić information content (AvgIpc) is 2.46. The number of amides is 2. The second-order valence-electron chi connectivity index (χ2n) is 5.25. The Morgan fingerprint density at radius 1 is 1.32 bits per heavy atom. The van der Waals surface area contributed by atoms with E-state index in [1.807, 2.05) is 6.08 Å². The lowest BCUT2D eigenvalue weighted by molar-refractivity contribution is -0.136. The van der Waals surface area contributed by atoms with Gasteiger partial charge in [-0.25, -0.2) is 4.79 Å². The molecule has 1 aromatic carbocycles. The van der Waals surface area contributed by atoms with Gasteiger partial charge in [-0.3, -0.25) is 0 Å². The Labute approximate surface area is 126 Å². The molecule has 0 spiro atoms. The van der Waals surface area contributed by atoms with Crippen LogP contribution in [0.4, 0.5) is 23.7 Å². The number of benzene rings is 1. The van der Waals surface area contributed by atoms with Crippen molar-refractivity contribution in [2.75, 3.05) is 11.9 Å². The van der Waals surface area contributed by atoms with Crippen molar-refractivity contribution in [1.82, 2.24) is 5.32 Å². The molecule has 7 heteroatoms. The van der Waals surface area contributed by atoms with Crippen molar-refractivity contribution in [3.8, 4) is 0 Å². The Hall–Kier alpha value is -2.02. The molecule has 1 aliphatic carbocycles. The number of hydrogen-bond acceptors (Lipinski definition) is 2. The summed E-state index contributed by atoms with van der Waals surface area (Å²) in [5.41, 5.74) is -2.38. The summed E-state index contributed by atoms with van der Waals surface area (Å²) in [4.78, 5) is 11.8. The van der Waals surface area contributed by atoms with E-state index in [4.69, 9.17) is 0 Å². The van der Waals surface area contributed by atoms with E-state index >= 15 is 0 Å². The van der Waals surface area contributed by atoms with Gasteiger partial charge < -0.3 is 15.7 Å². The fourth-order valence-electron chi connectivity index (χ4n) is 2.30. The third-order valence-electron chi connectivity index (χ3n) is 3.44. The van der Waals surface area contributed by atoms with E-state index in [-0.39, 0.29) is 12.2 Å². The van der Waals surface area contributed by atoms with Crippen LogP contribution in [0.3, 0.4) is 0 Å². The number of allylic oxidation sites excluding steroid dienone is 1. The lowest BCUT2D eigenvalue weighted by Crippen LogP contribution is -2.43. The molecule has 1 atom stereocenters. The smallest absolute Gasteiger partial charge is 0.384 e. The van der Waals surface area contributed by atoms with E-state index in [1.165, 1.54) is 18.2 Å². The van der Waals surface area contributed by atoms with Gasteiger partial charge in [0.15, 0.2) is 0 Å². The predicted octanol–water partition coefficient (Wildman–Crippen LogP) is 3.30. The summed E-state index contributed by atoms with van der Waals surface area (Å²) in [5.74, 6) is 0. The van der Waals surface area contributed by atoms with Crippen molar-refractivity contribution in [1.29, 1.82) is 0 Å². The zero-order chi connectivity index (χ0) is 16.2. The van der Waals surface area contributed by atoms with Gasteiger partial charge in [0.05, 0.1) is 17.8 Å². The van der Waals surface area contributed by atoms with Crippen LogP contribution in [0.2, 0.25) is 0 Å². The zero-order valence-electron chi connectivity index (χ0n) is 11.8. The number of anilines is 1. The molecule has 0 aliphatic heterocycles. The minimum absolute atomic E-state index is 0.0521. The van der Waals surface area contributed by atoms with Gasteiger partial charge in [-0.05, 0) is 31.4 Å². The Morgan fingerprint density at radius 3 is 2.68 bits per heavy atom. The Morgan fingerprint density at radius 2 is 2.05 bits per heavy atom. The van der Waals surface area contributed by atoms with E-state index in [2.05, 4.69) is 10.6 Å². The molecule has 3 N–H and O–H groups in total. The van der Waals surface area contributed by atoms with E-state index in [9.17, 15) is 23.1 Å². The average molecular weight is 314 g/mol. The molecule has 0 bridgehead atoms. The summed E-state index contributed by atoms with van der Waals surface area (Å²) >= 11 is 0. The Balaban J connectivity index is 1.98. The van der Waals surface area contributed by atoms with E-state index in [0.29, 0.717) is 6.42 Å². The molecule has 0 fully saturated rings. The maximum Gasteiger partial charge on any atom is 0.418 e. The standard InChI is InChI=1S/C15H17F3N2O2/c16-15(17,18)11-6-2-3-7-12(11)20-13(21)19-10-14(22)8-4-1-5-9-14/h2-4,6-8,22H,1,5,9-10H2,(H2,19,20,21)/t14-/m1/s1. The van der Waals surface area contributed by atoms with Gasteiger partial charge in [0, 0.05) is 0 Å². The van der Waals surface area contributed by atoms with Crippen LogP contribution < -0.4 is 10.6 Å². The molecule has 1 aliphatic rings. The zero-order valence-corrected chi connectivity index (χ0v) is 11.8. The highest BCUT2D eigenvalue weighted by Gasteiger charge is 2.33. The Kier molecular flexibility index (Phi) is 4.75. The van der Waals surface area contributed by atoms with Gasteiger partial charge in [0.2, 0.25) is 0 Å². The molecule has 4 nitrogen and oxygen atoms in total. The summed E-state index contributed by atoms with van der Waals surface area (Å²) in [6.45, 7) is -0.0521. The second kappa shape index (κ2) is 6.39. The minimum atomic E-state index is -4.55. The Bertz CT molecular complexity index is 572. The molecular formula is C15H17F3N2O2. The number of urea groups is 1. The van der Waals surface area contributed by atoms with Crippen molar-refractivity contribution >= 4 is 11.7 Å². The highest BCUT2D eigenvalue weighted by molar-refractivity contribution is 5.90. The summed E-state index contributed by atoms with van der Waals surface area (Å²) in [6.07, 6.45) is 1.06. The molecule has 0 radical (unpaired) electrons. The number of halogens is 3. The predicted molar refractivity (Wildman–Crippen MR) is 76.4 cm³/mol. The molecule has 0 saturated carbocycles. The van der Waals surface area contributed by atoms with Gasteiger partial charge in [0.1, 0.15) is 5.60 Å². The first kappa shape index (κ1) is 16.4. The fourth-order valence-corrected chi connectivity index (χ4v) is 2.30. The highest BCUT2D eigenvalue weighted by atomic mass is 19.4. The van der Waals surface area contributed by atoms with Gasteiger partial charge in [-0.1, -0.05) is 24.3 Å². The van der Waals surface area contributed by atoms with Crippen LogP contribution in [0.25, 0.3) is 0 Å². The largest absolute Gasteiger partial charge is 0.418 e. The van der Waals surface area contributed by atoms with Gasteiger partial charge >= 0.3 is 12.2 Å². The lowest BCUT2D eigenvalue weighted by atomic mass is 9.91. The van der Waals surface area contributed by atoms with E-state index in [0.717, 1.165) is 18.9 Å². The number of rotatable bonds is 3. The fraction of sp³-hybridized carbons (Fsp3) is 0.400. The first-order valence-electron chi connectivity index (χ1n) is 6.91. The number of hydrogen-bond donors (Lipinski definition) is 3. The van der Waals surface area contributed by atoms with Crippen LogP contribution in [0.15, 0.2) is 36.4 Å². The quantitative estimate of drug-likeness (QED) is 0.750. The van der Waals surface area contributed by atoms with Gasteiger partial charge in [-0.15, -0.1) is 0 Å². The lowest BCUT2D eigenvalue weighted by Gasteiger charge is -2.27. The van der Waals surface area contributed by atoms with Gasteiger partial charge in [0.25, 0.3) is 0 Å². The highest BCUT2D eigenvalue weighted by Crippen LogP contribution is 2.34. The van der Waals surface area contributed by atoms with Crippen LogP contribution in [0.5, 0.6) is 0 Å². The molecular weight excluding hydrogens is 297 g/mol. The van der Waals surface area contributed by atoms with Crippen molar-refractivity contribution < 1.29 is 23.1 Å². The molecule has 0 saturated heterocycles. The first-order valence-corrected chi connectivity index (χ1v) is 6.91. The molecule has 0 heterocycles. The first-order chi connectivity index (χ1) is 10.3. The number of nitrogens with one attached hydrogen (secondary N) is 2. The van der Waals surface area contributed by atoms with Gasteiger partial charge in [-0.2, -0.15) is 13.2 Å². The SMILES string of the molecule is O=C(NC[C@@]1(O)C=CCCC1)Nc1ccccc1C(F)(F)F. The van der Waals surface area contributed by atoms with Crippen LogP contribution >= 0.6 is 0 Å². The van der Waals surface area contributed by atoms with Crippen molar-refractivity contribution in [3.05, 3.63) is 42.0 Å². The number of carbonyl (C=O) groups is 1. The van der Waals surface area contributed by atoms with Crippen LogP contribution in [-0.4, -0.2) is 23.3 Å². The number of alkyl halides is 3. The monoisotopic (exact) mass is 314 g/mol.